The van der Waals surface area contributed by atoms with E-state index in [4.69, 9.17) is 4.74 Å². The predicted molar refractivity (Wildman–Crippen MR) is 109 cm³/mol. The second-order valence-electron chi connectivity index (χ2n) is 8.45. The summed E-state index contributed by atoms with van der Waals surface area (Å²) in [7, 11) is 0. The van der Waals surface area contributed by atoms with Crippen LogP contribution in [0.5, 0.6) is 0 Å². The van der Waals surface area contributed by atoms with Crippen molar-refractivity contribution >= 4 is 5.82 Å². The van der Waals surface area contributed by atoms with Gasteiger partial charge in [0.05, 0.1) is 6.61 Å². The summed E-state index contributed by atoms with van der Waals surface area (Å²) in [5, 5.41) is 0. The van der Waals surface area contributed by atoms with Crippen LogP contribution in [0.25, 0.3) is 0 Å². The molecule has 2 atom stereocenters. The van der Waals surface area contributed by atoms with Crippen LogP contribution in [0.3, 0.4) is 0 Å². The Labute approximate surface area is 169 Å². The lowest BCUT2D eigenvalue weighted by Crippen LogP contribution is -2.48. The third kappa shape index (κ3) is 3.69. The van der Waals surface area contributed by atoms with E-state index in [0.29, 0.717) is 31.4 Å². The Morgan fingerprint density at radius 1 is 1.14 bits per heavy atom. The summed E-state index contributed by atoms with van der Waals surface area (Å²) in [6, 6.07) is 7.20. The molecular formula is C22H27FN4O2. The van der Waals surface area contributed by atoms with Crippen LogP contribution in [-0.4, -0.2) is 53.8 Å². The summed E-state index contributed by atoms with van der Waals surface area (Å²) in [6.07, 6.45) is 3.70. The molecule has 0 radical (unpaired) electrons. The van der Waals surface area contributed by atoms with Gasteiger partial charge in [-0.25, -0.2) is 9.37 Å². The number of hydrogen-bond donors (Lipinski definition) is 0. The maximum absolute atomic E-state index is 14.2. The normalized spacial score (nSPS) is 24.8. The minimum Gasteiger partial charge on any atom is -0.380 e. The van der Waals surface area contributed by atoms with Gasteiger partial charge in [-0.3, -0.25) is 9.69 Å². The van der Waals surface area contributed by atoms with Crippen molar-refractivity contribution < 1.29 is 9.13 Å². The smallest absolute Gasteiger partial charge is 0.255 e. The first-order valence-corrected chi connectivity index (χ1v) is 10.6. The Kier molecular flexibility index (Phi) is 5.09. The molecule has 3 aliphatic heterocycles. The van der Waals surface area contributed by atoms with Gasteiger partial charge in [0.2, 0.25) is 0 Å². The van der Waals surface area contributed by atoms with Crippen LogP contribution in [0.15, 0.2) is 35.3 Å². The van der Waals surface area contributed by atoms with Gasteiger partial charge < -0.3 is 14.2 Å². The zero-order chi connectivity index (χ0) is 19.8. The second-order valence-corrected chi connectivity index (χ2v) is 8.45. The van der Waals surface area contributed by atoms with Crippen molar-refractivity contribution in [2.75, 3.05) is 44.3 Å². The molecule has 0 aromatic carbocycles. The molecule has 0 unspecified atom stereocenters. The minimum atomic E-state index is -0.276. The Morgan fingerprint density at radius 3 is 2.97 bits per heavy atom. The summed E-state index contributed by atoms with van der Waals surface area (Å²) in [4.78, 5) is 21.8. The van der Waals surface area contributed by atoms with E-state index in [9.17, 15) is 9.18 Å². The third-order valence-corrected chi connectivity index (χ3v) is 6.43. The minimum absolute atomic E-state index is 0.139. The summed E-state index contributed by atoms with van der Waals surface area (Å²) < 4.78 is 21.7. The summed E-state index contributed by atoms with van der Waals surface area (Å²) in [5.74, 6) is 0.721. The van der Waals surface area contributed by atoms with E-state index in [-0.39, 0.29) is 17.3 Å². The van der Waals surface area contributed by atoms with Gasteiger partial charge in [0, 0.05) is 69.2 Å². The summed E-state index contributed by atoms with van der Waals surface area (Å²) in [5.41, 5.74) is 2.08. The maximum atomic E-state index is 14.2. The average Bonchev–Trinajstić information content (AvgIpc) is 2.99. The standard InChI is InChI=1S/C22H27FN4O2/c23-19-3-1-6-24-21(19)26-12-16-11-18(15-26)20-5-4-17(22(28)27(20)13-16)14-25-7-2-9-29-10-8-25/h1,3-6,16,18H,2,7-15H2/t16-,18+/m0/s1. The zero-order valence-electron chi connectivity index (χ0n) is 16.6. The molecule has 2 saturated heterocycles. The predicted octanol–water partition coefficient (Wildman–Crippen LogP) is 2.23. The Morgan fingerprint density at radius 2 is 2.07 bits per heavy atom. The molecule has 0 aliphatic carbocycles. The Bertz CT molecular complexity index is 939. The molecule has 5 rings (SSSR count). The molecule has 2 fully saturated rings. The third-order valence-electron chi connectivity index (χ3n) is 6.43. The monoisotopic (exact) mass is 398 g/mol. The number of aromatic nitrogens is 2. The first-order chi connectivity index (χ1) is 14.2. The van der Waals surface area contributed by atoms with Crippen LogP contribution in [0.4, 0.5) is 10.2 Å². The Balaban J connectivity index is 1.39. The average molecular weight is 398 g/mol. The number of ether oxygens (including phenoxy) is 1. The highest BCUT2D eigenvalue weighted by Gasteiger charge is 2.36. The number of fused-ring (bicyclic) bond motifs is 4. The van der Waals surface area contributed by atoms with Gasteiger partial charge in [-0.1, -0.05) is 6.07 Å². The van der Waals surface area contributed by atoms with E-state index >= 15 is 0 Å². The van der Waals surface area contributed by atoms with Crippen molar-refractivity contribution in [3.05, 3.63) is 57.9 Å². The fourth-order valence-electron chi connectivity index (χ4n) is 5.09. The lowest BCUT2D eigenvalue weighted by Gasteiger charge is -2.43. The van der Waals surface area contributed by atoms with Crippen LogP contribution in [0, 0.1) is 11.7 Å². The van der Waals surface area contributed by atoms with Gasteiger partial charge in [0.25, 0.3) is 5.56 Å². The molecule has 0 spiro atoms. The summed E-state index contributed by atoms with van der Waals surface area (Å²) in [6.45, 7) is 6.20. The maximum Gasteiger partial charge on any atom is 0.255 e. The molecular weight excluding hydrogens is 371 g/mol. The van der Waals surface area contributed by atoms with Gasteiger partial charge in [0.1, 0.15) is 0 Å². The molecule has 6 nitrogen and oxygen atoms in total. The van der Waals surface area contributed by atoms with Crippen LogP contribution in [0.2, 0.25) is 0 Å². The first-order valence-electron chi connectivity index (χ1n) is 10.6. The highest BCUT2D eigenvalue weighted by Crippen LogP contribution is 2.37. The van der Waals surface area contributed by atoms with E-state index in [1.54, 1.807) is 12.3 Å². The lowest BCUT2D eigenvalue weighted by molar-refractivity contribution is 0.140. The molecule has 0 saturated carbocycles. The van der Waals surface area contributed by atoms with Gasteiger partial charge in [-0.2, -0.15) is 0 Å². The number of pyridine rings is 2. The number of anilines is 1. The molecule has 2 aromatic heterocycles. The van der Waals surface area contributed by atoms with Crippen LogP contribution in [-0.2, 0) is 17.8 Å². The quantitative estimate of drug-likeness (QED) is 0.794. The molecule has 154 valence electrons. The fraction of sp³-hybridized carbons (Fsp3) is 0.545. The van der Waals surface area contributed by atoms with Crippen molar-refractivity contribution in [1.82, 2.24) is 14.5 Å². The van der Waals surface area contributed by atoms with Crippen molar-refractivity contribution in [2.45, 2.75) is 31.8 Å². The molecule has 2 bridgehead atoms. The topological polar surface area (TPSA) is 50.6 Å². The number of hydrogen-bond acceptors (Lipinski definition) is 5. The van der Waals surface area contributed by atoms with Gasteiger partial charge in [0.15, 0.2) is 11.6 Å². The molecule has 0 amide bonds. The van der Waals surface area contributed by atoms with Crippen LogP contribution in [0.1, 0.15) is 30.0 Å². The molecule has 7 heteroatoms. The van der Waals surface area contributed by atoms with E-state index in [1.807, 2.05) is 15.5 Å². The molecule has 5 heterocycles. The summed E-state index contributed by atoms with van der Waals surface area (Å²) >= 11 is 0. The largest absolute Gasteiger partial charge is 0.380 e. The zero-order valence-corrected chi connectivity index (χ0v) is 16.6. The van der Waals surface area contributed by atoms with Crippen LogP contribution < -0.4 is 10.5 Å². The van der Waals surface area contributed by atoms with Crippen LogP contribution >= 0.6 is 0 Å². The second kappa shape index (κ2) is 7.88. The van der Waals surface area contributed by atoms with Gasteiger partial charge >= 0.3 is 0 Å². The van der Waals surface area contributed by atoms with E-state index in [2.05, 4.69) is 16.0 Å². The SMILES string of the molecule is O=c1c(CN2CCCOCC2)ccc2n1C[C@H]1C[C@@H]2CN(c2ncccc2F)C1. The number of nitrogens with zero attached hydrogens (tertiary/aromatic N) is 4. The van der Waals surface area contributed by atoms with Gasteiger partial charge in [-0.15, -0.1) is 0 Å². The number of piperidine rings is 1. The number of halogens is 1. The highest BCUT2D eigenvalue weighted by atomic mass is 19.1. The molecule has 29 heavy (non-hydrogen) atoms. The Hall–Kier alpha value is -2.25. The number of rotatable bonds is 3. The van der Waals surface area contributed by atoms with Crippen molar-refractivity contribution in [3.8, 4) is 0 Å². The van der Waals surface area contributed by atoms with E-state index in [0.717, 1.165) is 56.9 Å². The molecule has 3 aliphatic rings. The van der Waals surface area contributed by atoms with Crippen molar-refractivity contribution in [3.63, 3.8) is 0 Å². The molecule has 0 N–H and O–H groups in total. The van der Waals surface area contributed by atoms with E-state index < -0.39 is 0 Å². The molecule has 2 aromatic rings. The van der Waals surface area contributed by atoms with Gasteiger partial charge in [-0.05, 0) is 37.0 Å². The van der Waals surface area contributed by atoms with E-state index in [1.165, 1.54) is 6.07 Å². The van der Waals surface area contributed by atoms with Crippen molar-refractivity contribution in [2.24, 2.45) is 5.92 Å². The first kappa shape index (κ1) is 18.8. The highest BCUT2D eigenvalue weighted by molar-refractivity contribution is 5.42. The lowest BCUT2D eigenvalue weighted by atomic mass is 9.83. The van der Waals surface area contributed by atoms with Crippen molar-refractivity contribution in [1.29, 1.82) is 0 Å². The fourth-order valence-corrected chi connectivity index (χ4v) is 5.09.